The maximum Gasteiger partial charge on any atom is 0.255 e. The lowest BCUT2D eigenvalue weighted by Gasteiger charge is -2.51. The first-order valence-electron chi connectivity index (χ1n) is 10.3. The predicted molar refractivity (Wildman–Crippen MR) is 108 cm³/mol. The smallest absolute Gasteiger partial charge is 0.255 e. The number of fused-ring (bicyclic) bond motifs is 2. The Morgan fingerprint density at radius 2 is 1.82 bits per heavy atom. The Hall–Kier alpha value is -2.40. The van der Waals surface area contributed by atoms with E-state index in [4.69, 9.17) is 4.74 Å². The lowest BCUT2D eigenvalue weighted by atomic mass is 9.75. The van der Waals surface area contributed by atoms with E-state index in [9.17, 15) is 4.79 Å². The van der Waals surface area contributed by atoms with Crippen molar-refractivity contribution in [2.75, 3.05) is 26.7 Å². The van der Waals surface area contributed by atoms with Crippen LogP contribution in [0.2, 0.25) is 0 Å². The number of likely N-dealkylation sites (tertiary alicyclic amines) is 1. The number of hydrogen-bond donors (Lipinski definition) is 0. The Balaban J connectivity index is 1.49. The molecule has 0 radical (unpaired) electrons. The van der Waals surface area contributed by atoms with E-state index in [2.05, 4.69) is 26.9 Å². The van der Waals surface area contributed by atoms with Gasteiger partial charge in [0.2, 0.25) is 0 Å². The highest BCUT2D eigenvalue weighted by Crippen LogP contribution is 2.47. The van der Waals surface area contributed by atoms with Crippen molar-refractivity contribution in [3.8, 4) is 5.75 Å². The molecule has 0 spiro atoms. The van der Waals surface area contributed by atoms with Crippen LogP contribution in [0.1, 0.15) is 40.4 Å². The van der Waals surface area contributed by atoms with Crippen molar-refractivity contribution < 1.29 is 9.53 Å². The first-order valence-corrected chi connectivity index (χ1v) is 10.3. The zero-order valence-electron chi connectivity index (χ0n) is 16.5. The van der Waals surface area contributed by atoms with Gasteiger partial charge in [-0.05, 0) is 68.6 Å². The minimum Gasteiger partial charge on any atom is -0.497 e. The number of methoxy groups -OCH3 is 1. The average molecular weight is 377 g/mol. The van der Waals surface area contributed by atoms with Crippen molar-refractivity contribution in [3.05, 3.63) is 59.4 Å². The number of aromatic nitrogens is 1. The summed E-state index contributed by atoms with van der Waals surface area (Å²) in [7, 11) is 1.70. The maximum atomic E-state index is 13.4. The Bertz CT molecular complexity index is 856. The standard InChI is InChI=1S/C23H27N3O2/c1-15-3-4-18(13-24-15)23(27)26-14-20(16-5-7-19(28-2)8-6-16)22-21(26)17-9-11-25(22)12-10-17/h3-8,13,17,20-22H,9-12,14H2,1-2H3/t20-,21+,22+/m0/s1. The van der Waals surface area contributed by atoms with Crippen molar-refractivity contribution in [1.82, 2.24) is 14.8 Å². The van der Waals surface area contributed by atoms with Gasteiger partial charge in [-0.1, -0.05) is 12.1 Å². The largest absolute Gasteiger partial charge is 0.497 e. The molecule has 4 fully saturated rings. The number of aryl methyl sites for hydroxylation is 1. The minimum absolute atomic E-state index is 0.132. The van der Waals surface area contributed by atoms with Crippen LogP contribution in [-0.2, 0) is 0 Å². The lowest BCUT2D eigenvalue weighted by Crippen LogP contribution is -2.60. The molecule has 1 aromatic carbocycles. The zero-order chi connectivity index (χ0) is 19.3. The molecule has 3 atom stereocenters. The third-order valence-electron chi connectivity index (χ3n) is 6.96. The summed E-state index contributed by atoms with van der Waals surface area (Å²) < 4.78 is 5.33. The molecule has 1 aromatic heterocycles. The number of pyridine rings is 1. The Labute approximate surface area is 166 Å². The number of carbonyl (C=O) groups is 1. The van der Waals surface area contributed by atoms with Gasteiger partial charge in [0.05, 0.1) is 18.7 Å². The molecular formula is C23H27N3O2. The summed E-state index contributed by atoms with van der Waals surface area (Å²) in [4.78, 5) is 22.5. The van der Waals surface area contributed by atoms with Crippen molar-refractivity contribution in [1.29, 1.82) is 0 Å². The van der Waals surface area contributed by atoms with Crippen LogP contribution in [0.3, 0.4) is 0 Å². The van der Waals surface area contributed by atoms with Crippen LogP contribution < -0.4 is 4.74 Å². The van der Waals surface area contributed by atoms with Gasteiger partial charge in [0.1, 0.15) is 5.75 Å². The summed E-state index contributed by atoms with van der Waals surface area (Å²) in [6, 6.07) is 13.0. The van der Waals surface area contributed by atoms with Crippen LogP contribution in [0.25, 0.3) is 0 Å². The molecule has 4 aliphatic heterocycles. The van der Waals surface area contributed by atoms with E-state index < -0.39 is 0 Å². The lowest BCUT2D eigenvalue weighted by molar-refractivity contribution is -0.00342. The fraction of sp³-hybridized carbons (Fsp3) is 0.478. The maximum absolute atomic E-state index is 13.4. The number of ether oxygens (including phenoxy) is 1. The SMILES string of the molecule is COc1ccc([C@@H]2CN(C(=O)c3ccc(C)nc3)[C@@H]3C4CCN(CC4)[C@@H]32)cc1. The molecule has 0 saturated carbocycles. The number of nitrogens with zero attached hydrogens (tertiary/aromatic N) is 3. The molecule has 4 aliphatic rings. The van der Waals surface area contributed by atoms with Crippen molar-refractivity contribution in [2.24, 2.45) is 5.92 Å². The molecule has 1 amide bonds. The van der Waals surface area contributed by atoms with Crippen LogP contribution >= 0.6 is 0 Å². The minimum atomic E-state index is 0.132. The number of amides is 1. The first kappa shape index (κ1) is 17.7. The second-order valence-electron chi connectivity index (χ2n) is 8.38. The number of benzene rings is 1. The van der Waals surface area contributed by atoms with Gasteiger partial charge in [-0.3, -0.25) is 14.7 Å². The van der Waals surface area contributed by atoms with Crippen LogP contribution in [-0.4, -0.2) is 59.5 Å². The highest BCUT2D eigenvalue weighted by molar-refractivity contribution is 5.94. The molecule has 4 saturated heterocycles. The highest BCUT2D eigenvalue weighted by Gasteiger charge is 2.54. The van der Waals surface area contributed by atoms with E-state index in [1.54, 1.807) is 13.3 Å². The third-order valence-corrected chi connectivity index (χ3v) is 6.96. The third kappa shape index (κ3) is 2.80. The highest BCUT2D eigenvalue weighted by atomic mass is 16.5. The monoisotopic (exact) mass is 377 g/mol. The van der Waals surface area contributed by atoms with Crippen molar-refractivity contribution in [2.45, 2.75) is 37.8 Å². The molecule has 0 N–H and O–H groups in total. The molecule has 2 aromatic rings. The fourth-order valence-corrected chi connectivity index (χ4v) is 5.56. The fourth-order valence-electron chi connectivity index (χ4n) is 5.56. The summed E-state index contributed by atoms with van der Waals surface area (Å²) in [6.07, 6.45) is 4.13. The molecule has 6 rings (SSSR count). The Kier molecular flexibility index (Phi) is 4.35. The second-order valence-corrected chi connectivity index (χ2v) is 8.38. The van der Waals surface area contributed by atoms with Crippen LogP contribution in [0, 0.1) is 12.8 Å². The quantitative estimate of drug-likeness (QED) is 0.825. The van der Waals surface area contributed by atoms with E-state index >= 15 is 0 Å². The molecule has 146 valence electrons. The normalized spacial score (nSPS) is 30.9. The van der Waals surface area contributed by atoms with Gasteiger partial charge in [0, 0.05) is 30.4 Å². The van der Waals surface area contributed by atoms with E-state index in [1.165, 1.54) is 18.4 Å². The number of rotatable bonds is 3. The molecule has 2 bridgehead atoms. The Morgan fingerprint density at radius 3 is 2.46 bits per heavy atom. The topological polar surface area (TPSA) is 45.7 Å². The molecule has 28 heavy (non-hydrogen) atoms. The molecular weight excluding hydrogens is 350 g/mol. The molecule has 5 heteroatoms. The number of carbonyl (C=O) groups excluding carboxylic acids is 1. The molecule has 5 heterocycles. The van der Waals surface area contributed by atoms with Crippen molar-refractivity contribution in [3.63, 3.8) is 0 Å². The number of hydrogen-bond acceptors (Lipinski definition) is 4. The van der Waals surface area contributed by atoms with Crippen molar-refractivity contribution >= 4 is 5.91 Å². The zero-order valence-corrected chi connectivity index (χ0v) is 16.5. The molecule has 0 unspecified atom stereocenters. The van der Waals surface area contributed by atoms with Gasteiger partial charge in [-0.2, -0.15) is 0 Å². The van der Waals surface area contributed by atoms with Crippen LogP contribution in [0.4, 0.5) is 0 Å². The molecule has 5 nitrogen and oxygen atoms in total. The van der Waals surface area contributed by atoms with Gasteiger partial charge in [-0.15, -0.1) is 0 Å². The average Bonchev–Trinajstić information content (AvgIpc) is 3.17. The summed E-state index contributed by atoms with van der Waals surface area (Å²) in [6.45, 7) is 5.05. The van der Waals surface area contributed by atoms with E-state index in [1.807, 2.05) is 31.2 Å². The van der Waals surface area contributed by atoms with Gasteiger partial charge in [0.15, 0.2) is 0 Å². The van der Waals surface area contributed by atoms with Gasteiger partial charge >= 0.3 is 0 Å². The van der Waals surface area contributed by atoms with E-state index in [-0.39, 0.29) is 5.91 Å². The first-order chi connectivity index (χ1) is 13.7. The van der Waals surface area contributed by atoms with Gasteiger partial charge < -0.3 is 9.64 Å². The summed E-state index contributed by atoms with van der Waals surface area (Å²) in [5, 5.41) is 0. The van der Waals surface area contributed by atoms with Crippen LogP contribution in [0.15, 0.2) is 42.6 Å². The summed E-state index contributed by atoms with van der Waals surface area (Å²) >= 11 is 0. The molecule has 0 aliphatic carbocycles. The van der Waals surface area contributed by atoms with Crippen LogP contribution in [0.5, 0.6) is 5.75 Å². The number of piperidine rings is 3. The van der Waals surface area contributed by atoms with E-state index in [0.29, 0.717) is 29.5 Å². The summed E-state index contributed by atoms with van der Waals surface area (Å²) in [5.41, 5.74) is 2.95. The van der Waals surface area contributed by atoms with E-state index in [0.717, 1.165) is 31.1 Å². The van der Waals surface area contributed by atoms with Gasteiger partial charge in [-0.25, -0.2) is 0 Å². The van der Waals surface area contributed by atoms with Gasteiger partial charge in [0.25, 0.3) is 5.91 Å². The Morgan fingerprint density at radius 1 is 1.07 bits per heavy atom. The second kappa shape index (κ2) is 6.89. The predicted octanol–water partition coefficient (Wildman–Crippen LogP) is 3.10. The summed E-state index contributed by atoms with van der Waals surface area (Å²) in [5.74, 6) is 1.97.